The van der Waals surface area contributed by atoms with Crippen LogP contribution in [0.5, 0.6) is 0 Å². The second kappa shape index (κ2) is 5.80. The molecule has 3 nitrogen and oxygen atoms in total. The van der Waals surface area contributed by atoms with Crippen molar-refractivity contribution in [3.05, 3.63) is 0 Å². The second-order valence-electron chi connectivity index (χ2n) is 5.33. The number of carboxylic acids is 1. The first-order valence-electron chi connectivity index (χ1n) is 6.00. The van der Waals surface area contributed by atoms with Crippen LogP contribution < -0.4 is 0 Å². The van der Waals surface area contributed by atoms with E-state index in [1.54, 1.807) is 6.92 Å². The SMILES string of the molecule is CC1CC(C)CC(S(=O)CC(C)C(=O)O)C1. The molecule has 1 aliphatic rings. The Morgan fingerprint density at radius 3 is 2.25 bits per heavy atom. The van der Waals surface area contributed by atoms with Crippen molar-refractivity contribution in [1.29, 1.82) is 0 Å². The van der Waals surface area contributed by atoms with Crippen molar-refractivity contribution in [3.63, 3.8) is 0 Å². The summed E-state index contributed by atoms with van der Waals surface area (Å²) < 4.78 is 12.1. The zero-order chi connectivity index (χ0) is 12.3. The number of carbonyl (C=O) groups is 1. The third kappa shape index (κ3) is 3.89. The van der Waals surface area contributed by atoms with Gasteiger partial charge in [0.2, 0.25) is 0 Å². The molecule has 1 fully saturated rings. The predicted octanol–water partition coefficient (Wildman–Crippen LogP) is 2.28. The second-order valence-corrected chi connectivity index (χ2v) is 7.09. The summed E-state index contributed by atoms with van der Waals surface area (Å²) in [5.41, 5.74) is 0. The Morgan fingerprint density at radius 2 is 1.81 bits per heavy atom. The quantitative estimate of drug-likeness (QED) is 0.828. The van der Waals surface area contributed by atoms with Crippen LogP contribution in [-0.4, -0.2) is 26.3 Å². The zero-order valence-corrected chi connectivity index (χ0v) is 11.1. The Kier molecular flexibility index (Phi) is 4.96. The zero-order valence-electron chi connectivity index (χ0n) is 10.3. The molecule has 0 saturated heterocycles. The molecule has 94 valence electrons. The van der Waals surface area contributed by atoms with E-state index in [1.165, 1.54) is 6.42 Å². The van der Waals surface area contributed by atoms with Gasteiger partial charge < -0.3 is 5.11 Å². The van der Waals surface area contributed by atoms with Crippen molar-refractivity contribution in [2.45, 2.75) is 45.3 Å². The molecule has 0 spiro atoms. The number of rotatable bonds is 4. The van der Waals surface area contributed by atoms with Crippen LogP contribution in [-0.2, 0) is 15.6 Å². The van der Waals surface area contributed by atoms with Gasteiger partial charge in [0.05, 0.1) is 5.92 Å². The van der Waals surface area contributed by atoms with Crippen molar-refractivity contribution in [2.75, 3.05) is 5.75 Å². The fraction of sp³-hybridized carbons (Fsp3) is 0.917. The van der Waals surface area contributed by atoms with Gasteiger partial charge in [-0.15, -0.1) is 0 Å². The molecule has 0 heterocycles. The highest BCUT2D eigenvalue weighted by Crippen LogP contribution is 2.31. The summed E-state index contributed by atoms with van der Waals surface area (Å²) in [5, 5.41) is 9.01. The number of aliphatic carboxylic acids is 1. The molecule has 4 unspecified atom stereocenters. The first-order chi connectivity index (χ1) is 7.40. The first kappa shape index (κ1) is 13.7. The largest absolute Gasteiger partial charge is 0.481 e. The van der Waals surface area contributed by atoms with Crippen molar-refractivity contribution in [3.8, 4) is 0 Å². The van der Waals surface area contributed by atoms with E-state index in [-0.39, 0.29) is 5.25 Å². The lowest BCUT2D eigenvalue weighted by Gasteiger charge is -2.31. The monoisotopic (exact) mass is 246 g/mol. The summed E-state index contributed by atoms with van der Waals surface area (Å²) >= 11 is 0. The normalized spacial score (nSPS) is 34.3. The summed E-state index contributed by atoms with van der Waals surface area (Å²) in [5.74, 6) is 0.216. The predicted molar refractivity (Wildman–Crippen MR) is 65.8 cm³/mol. The summed E-state index contributed by atoms with van der Waals surface area (Å²) in [6.07, 6.45) is 3.19. The van der Waals surface area contributed by atoms with Gasteiger partial charge >= 0.3 is 5.97 Å². The van der Waals surface area contributed by atoms with Crippen LogP contribution in [0.2, 0.25) is 0 Å². The highest BCUT2D eigenvalue weighted by Gasteiger charge is 2.29. The molecule has 0 aromatic carbocycles. The van der Waals surface area contributed by atoms with Gasteiger partial charge in [0.1, 0.15) is 0 Å². The van der Waals surface area contributed by atoms with Crippen LogP contribution in [0.1, 0.15) is 40.0 Å². The first-order valence-corrected chi connectivity index (χ1v) is 7.38. The minimum atomic E-state index is -0.979. The third-order valence-corrected chi connectivity index (χ3v) is 5.30. The minimum Gasteiger partial charge on any atom is -0.481 e. The fourth-order valence-corrected chi connectivity index (χ4v) is 4.54. The van der Waals surface area contributed by atoms with E-state index in [2.05, 4.69) is 13.8 Å². The minimum absolute atomic E-state index is 0.209. The molecule has 0 amide bonds. The highest BCUT2D eigenvalue weighted by molar-refractivity contribution is 7.85. The molecule has 0 aromatic heterocycles. The van der Waals surface area contributed by atoms with E-state index < -0.39 is 22.7 Å². The maximum atomic E-state index is 12.1. The number of carboxylic acid groups (broad SMARTS) is 1. The molecule has 1 rings (SSSR count). The van der Waals surface area contributed by atoms with Gasteiger partial charge in [-0.05, 0) is 31.1 Å². The van der Waals surface area contributed by atoms with Gasteiger partial charge in [-0.3, -0.25) is 9.00 Å². The van der Waals surface area contributed by atoms with Crippen molar-refractivity contribution in [1.82, 2.24) is 0 Å². The van der Waals surface area contributed by atoms with Crippen LogP contribution in [0.25, 0.3) is 0 Å². The number of hydrogen-bond donors (Lipinski definition) is 1. The molecule has 0 aliphatic heterocycles. The molecule has 4 atom stereocenters. The maximum absolute atomic E-state index is 12.1. The maximum Gasteiger partial charge on any atom is 0.307 e. The molecule has 0 aromatic rings. The van der Waals surface area contributed by atoms with Gasteiger partial charge in [-0.1, -0.05) is 20.8 Å². The molecule has 16 heavy (non-hydrogen) atoms. The lowest BCUT2D eigenvalue weighted by molar-refractivity contribution is -0.140. The number of hydrogen-bond acceptors (Lipinski definition) is 2. The lowest BCUT2D eigenvalue weighted by Crippen LogP contribution is -2.31. The van der Waals surface area contributed by atoms with Gasteiger partial charge in [0.15, 0.2) is 0 Å². The van der Waals surface area contributed by atoms with Crippen LogP contribution in [0.15, 0.2) is 0 Å². The fourth-order valence-electron chi connectivity index (χ4n) is 2.54. The summed E-state index contributed by atoms with van der Waals surface area (Å²) in [4.78, 5) is 10.7. The molecular formula is C12H22O3S. The smallest absolute Gasteiger partial charge is 0.307 e. The van der Waals surface area contributed by atoms with E-state index in [0.29, 0.717) is 17.6 Å². The summed E-state index contributed by atoms with van der Waals surface area (Å²) in [6.45, 7) is 6.02. The van der Waals surface area contributed by atoms with Crippen LogP contribution >= 0.6 is 0 Å². The summed E-state index contributed by atoms with van der Waals surface area (Å²) in [6, 6.07) is 0. The summed E-state index contributed by atoms with van der Waals surface area (Å²) in [7, 11) is -0.979. The molecule has 1 aliphatic carbocycles. The average molecular weight is 246 g/mol. The average Bonchev–Trinajstić information content (AvgIpc) is 2.15. The van der Waals surface area contributed by atoms with Gasteiger partial charge in [-0.25, -0.2) is 0 Å². The van der Waals surface area contributed by atoms with Crippen LogP contribution in [0.4, 0.5) is 0 Å². The Bertz CT molecular complexity index is 267. The van der Waals surface area contributed by atoms with E-state index in [1.807, 2.05) is 0 Å². The third-order valence-electron chi connectivity index (χ3n) is 3.34. The van der Waals surface area contributed by atoms with Crippen molar-refractivity contribution >= 4 is 16.8 Å². The Hall–Kier alpha value is -0.380. The van der Waals surface area contributed by atoms with E-state index in [9.17, 15) is 9.00 Å². The molecule has 1 N–H and O–H groups in total. The van der Waals surface area contributed by atoms with Gasteiger partial charge in [0, 0.05) is 21.8 Å². The lowest BCUT2D eigenvalue weighted by atomic mass is 9.83. The van der Waals surface area contributed by atoms with Crippen LogP contribution in [0, 0.1) is 17.8 Å². The molecule has 4 heteroatoms. The van der Waals surface area contributed by atoms with Crippen molar-refractivity contribution in [2.24, 2.45) is 17.8 Å². The van der Waals surface area contributed by atoms with Gasteiger partial charge in [-0.2, -0.15) is 0 Å². The Morgan fingerprint density at radius 1 is 1.31 bits per heavy atom. The Labute approximate surface area is 100 Å². The van der Waals surface area contributed by atoms with E-state index in [4.69, 9.17) is 5.11 Å². The molecule has 1 saturated carbocycles. The van der Waals surface area contributed by atoms with Crippen molar-refractivity contribution < 1.29 is 14.1 Å². The molecule has 0 bridgehead atoms. The van der Waals surface area contributed by atoms with Gasteiger partial charge in [0.25, 0.3) is 0 Å². The Balaban J connectivity index is 2.50. The van der Waals surface area contributed by atoms with E-state index >= 15 is 0 Å². The topological polar surface area (TPSA) is 54.4 Å². The van der Waals surface area contributed by atoms with Crippen LogP contribution in [0.3, 0.4) is 0 Å². The van der Waals surface area contributed by atoms with E-state index in [0.717, 1.165) is 12.8 Å². The molecular weight excluding hydrogens is 224 g/mol. The highest BCUT2D eigenvalue weighted by atomic mass is 32.2. The molecule has 0 radical (unpaired) electrons. The standard InChI is InChI=1S/C12H22O3S/c1-8-4-9(2)6-11(5-8)16(15)7-10(3)12(13)14/h8-11H,4-7H2,1-3H3,(H,13,14).